The van der Waals surface area contributed by atoms with Crippen LogP contribution in [0.25, 0.3) is 0 Å². The van der Waals surface area contributed by atoms with E-state index >= 15 is 0 Å². The molecule has 0 spiro atoms. The summed E-state index contributed by atoms with van der Waals surface area (Å²) in [4.78, 5) is 24.7. The van der Waals surface area contributed by atoms with Crippen LogP contribution in [0.15, 0.2) is 33.6 Å². The largest absolute Gasteiger partial charge is 0.478 e. The van der Waals surface area contributed by atoms with Crippen molar-refractivity contribution in [1.82, 2.24) is 0 Å². The van der Waals surface area contributed by atoms with E-state index in [1.165, 1.54) is 6.07 Å². The highest BCUT2D eigenvalue weighted by Gasteiger charge is 2.20. The fourth-order valence-electron chi connectivity index (χ4n) is 2.36. The number of hydrogen-bond acceptors (Lipinski definition) is 4. The van der Waals surface area contributed by atoms with Gasteiger partial charge in [0.2, 0.25) is 0 Å². The predicted octanol–water partition coefficient (Wildman–Crippen LogP) is 4.99. The fraction of sp³-hybridized carbons (Fsp3) is 0.368. The molecular weight excluding hydrogens is 338 g/mol. The van der Waals surface area contributed by atoms with E-state index in [0.29, 0.717) is 17.9 Å². The molecule has 0 unspecified atom stereocenters. The maximum absolute atomic E-state index is 12.4. The molecule has 0 atom stereocenters. The highest BCUT2D eigenvalue weighted by molar-refractivity contribution is 8.00. The van der Waals surface area contributed by atoms with Gasteiger partial charge in [0.1, 0.15) is 11.3 Å². The summed E-state index contributed by atoms with van der Waals surface area (Å²) >= 11 is 1.75. The van der Waals surface area contributed by atoms with Crippen molar-refractivity contribution < 1.29 is 19.1 Å². The van der Waals surface area contributed by atoms with E-state index < -0.39 is 11.9 Å². The first-order valence-electron chi connectivity index (χ1n) is 8.07. The van der Waals surface area contributed by atoms with Gasteiger partial charge in [-0.1, -0.05) is 27.7 Å². The lowest BCUT2D eigenvalue weighted by molar-refractivity contribution is 0.0694. The van der Waals surface area contributed by atoms with Gasteiger partial charge < -0.3 is 14.8 Å². The van der Waals surface area contributed by atoms with Crippen LogP contribution in [0, 0.1) is 6.92 Å². The van der Waals surface area contributed by atoms with Crippen molar-refractivity contribution >= 4 is 29.3 Å². The molecule has 0 aliphatic rings. The van der Waals surface area contributed by atoms with Gasteiger partial charge in [0.15, 0.2) is 5.76 Å². The van der Waals surface area contributed by atoms with E-state index in [9.17, 15) is 9.59 Å². The quantitative estimate of drug-likeness (QED) is 0.733. The SMILES string of the molecule is CCc1oc(C(=O)Nc2ccc(SC(C)(C)C)cc2C)cc1C(=O)O. The number of furan rings is 1. The molecule has 1 heterocycles. The van der Waals surface area contributed by atoms with Crippen LogP contribution in [0.4, 0.5) is 5.69 Å². The van der Waals surface area contributed by atoms with Crippen LogP contribution < -0.4 is 5.32 Å². The van der Waals surface area contributed by atoms with E-state index in [1.807, 2.05) is 25.1 Å². The van der Waals surface area contributed by atoms with Gasteiger partial charge in [-0.3, -0.25) is 4.79 Å². The Kier molecular flexibility index (Phi) is 5.62. The number of rotatable bonds is 5. The minimum absolute atomic E-state index is 0.00166. The molecule has 1 amide bonds. The van der Waals surface area contributed by atoms with Gasteiger partial charge in [0.05, 0.1) is 0 Å². The minimum atomic E-state index is -1.10. The number of anilines is 1. The average molecular weight is 361 g/mol. The topological polar surface area (TPSA) is 79.5 Å². The number of thioether (sulfide) groups is 1. The summed E-state index contributed by atoms with van der Waals surface area (Å²) in [6, 6.07) is 7.10. The Morgan fingerprint density at radius 2 is 1.92 bits per heavy atom. The Morgan fingerprint density at radius 1 is 1.24 bits per heavy atom. The van der Waals surface area contributed by atoms with Gasteiger partial charge in [-0.25, -0.2) is 4.79 Å². The first-order valence-corrected chi connectivity index (χ1v) is 8.89. The Balaban J connectivity index is 2.19. The molecule has 2 rings (SSSR count). The average Bonchev–Trinajstić information content (AvgIpc) is 2.93. The Labute approximate surface area is 151 Å². The van der Waals surface area contributed by atoms with Crippen LogP contribution in [-0.2, 0) is 6.42 Å². The molecule has 1 aromatic carbocycles. The molecule has 0 fully saturated rings. The summed E-state index contributed by atoms with van der Waals surface area (Å²) in [7, 11) is 0. The van der Waals surface area contributed by atoms with E-state index in [2.05, 4.69) is 26.1 Å². The molecule has 0 saturated carbocycles. The lowest BCUT2D eigenvalue weighted by Gasteiger charge is -2.18. The standard InChI is InChI=1S/C19H23NO4S/c1-6-15-13(18(22)23)10-16(24-15)17(21)20-14-8-7-12(9-11(14)2)25-19(3,4)5/h7-10H,6H2,1-5H3,(H,20,21)(H,22,23). The Bertz CT molecular complexity index is 802. The molecule has 0 radical (unpaired) electrons. The molecule has 0 saturated heterocycles. The van der Waals surface area contributed by atoms with Crippen molar-refractivity contribution in [3.8, 4) is 0 Å². The fourth-order valence-corrected chi connectivity index (χ4v) is 3.44. The molecule has 2 N–H and O–H groups in total. The molecule has 5 nitrogen and oxygen atoms in total. The molecule has 6 heteroatoms. The number of carbonyl (C=O) groups excluding carboxylic acids is 1. The van der Waals surface area contributed by atoms with Gasteiger partial charge in [0.25, 0.3) is 5.91 Å². The number of carboxylic acids is 1. The van der Waals surface area contributed by atoms with Crippen LogP contribution in [0.3, 0.4) is 0 Å². The minimum Gasteiger partial charge on any atom is -0.478 e. The van der Waals surface area contributed by atoms with E-state index in [0.717, 1.165) is 10.5 Å². The number of carboxylic acid groups (broad SMARTS) is 1. The van der Waals surface area contributed by atoms with Crippen molar-refractivity contribution in [2.45, 2.75) is 50.7 Å². The van der Waals surface area contributed by atoms with Crippen molar-refractivity contribution in [2.24, 2.45) is 0 Å². The summed E-state index contributed by atoms with van der Waals surface area (Å²) in [6.07, 6.45) is 0.409. The molecule has 134 valence electrons. The van der Waals surface area contributed by atoms with Gasteiger partial charge in [0, 0.05) is 27.8 Å². The van der Waals surface area contributed by atoms with Gasteiger partial charge >= 0.3 is 5.97 Å². The van der Waals surface area contributed by atoms with Crippen molar-refractivity contribution in [1.29, 1.82) is 0 Å². The number of benzene rings is 1. The molecule has 2 aromatic rings. The Morgan fingerprint density at radius 3 is 2.40 bits per heavy atom. The smallest absolute Gasteiger partial charge is 0.339 e. The van der Waals surface area contributed by atoms with Crippen LogP contribution >= 0.6 is 11.8 Å². The van der Waals surface area contributed by atoms with Gasteiger partial charge in [-0.2, -0.15) is 0 Å². The third-order valence-electron chi connectivity index (χ3n) is 3.45. The summed E-state index contributed by atoms with van der Waals surface area (Å²) in [5.74, 6) is -1.26. The maximum atomic E-state index is 12.4. The van der Waals surface area contributed by atoms with E-state index in [1.54, 1.807) is 18.7 Å². The van der Waals surface area contributed by atoms with Crippen LogP contribution in [0.5, 0.6) is 0 Å². The zero-order chi connectivity index (χ0) is 18.8. The normalized spacial score (nSPS) is 11.4. The number of nitrogens with one attached hydrogen (secondary N) is 1. The molecule has 25 heavy (non-hydrogen) atoms. The molecular formula is C19H23NO4S. The number of amides is 1. The highest BCUT2D eigenvalue weighted by atomic mass is 32.2. The molecule has 0 bridgehead atoms. The Hall–Kier alpha value is -2.21. The molecule has 0 aliphatic heterocycles. The third-order valence-corrected chi connectivity index (χ3v) is 4.56. The van der Waals surface area contributed by atoms with E-state index in [4.69, 9.17) is 9.52 Å². The molecule has 1 aromatic heterocycles. The summed E-state index contributed by atoms with van der Waals surface area (Å²) < 4.78 is 5.50. The van der Waals surface area contributed by atoms with Crippen LogP contribution in [0.2, 0.25) is 0 Å². The maximum Gasteiger partial charge on any atom is 0.339 e. The second-order valence-corrected chi connectivity index (χ2v) is 8.65. The third kappa shape index (κ3) is 4.89. The second-order valence-electron chi connectivity index (χ2n) is 6.75. The first-order chi connectivity index (χ1) is 11.6. The predicted molar refractivity (Wildman–Crippen MR) is 99.8 cm³/mol. The van der Waals surface area contributed by atoms with Crippen LogP contribution in [-0.4, -0.2) is 21.7 Å². The van der Waals surface area contributed by atoms with Crippen molar-refractivity contribution in [2.75, 3.05) is 5.32 Å². The number of aryl methyl sites for hydroxylation is 2. The summed E-state index contributed by atoms with van der Waals surface area (Å²) in [5.41, 5.74) is 1.64. The number of carbonyl (C=O) groups is 2. The lowest BCUT2D eigenvalue weighted by atomic mass is 10.2. The van der Waals surface area contributed by atoms with Gasteiger partial charge in [-0.05, 0) is 30.7 Å². The molecule has 0 aliphatic carbocycles. The highest BCUT2D eigenvalue weighted by Crippen LogP contribution is 2.33. The zero-order valence-electron chi connectivity index (χ0n) is 15.1. The summed E-state index contributed by atoms with van der Waals surface area (Å²) in [6.45, 7) is 10.1. The van der Waals surface area contributed by atoms with Crippen molar-refractivity contribution in [3.05, 3.63) is 46.9 Å². The van der Waals surface area contributed by atoms with Crippen molar-refractivity contribution in [3.63, 3.8) is 0 Å². The number of aromatic carboxylic acids is 1. The van der Waals surface area contributed by atoms with E-state index in [-0.39, 0.29) is 16.1 Å². The zero-order valence-corrected chi connectivity index (χ0v) is 15.9. The van der Waals surface area contributed by atoms with Crippen LogP contribution in [0.1, 0.15) is 59.9 Å². The van der Waals surface area contributed by atoms with Gasteiger partial charge in [-0.15, -0.1) is 11.8 Å². The summed E-state index contributed by atoms with van der Waals surface area (Å²) in [5, 5.41) is 11.9. The first kappa shape index (κ1) is 19.1. The number of hydrogen-bond donors (Lipinski definition) is 2. The lowest BCUT2D eigenvalue weighted by Crippen LogP contribution is -2.12. The monoisotopic (exact) mass is 361 g/mol. The second kappa shape index (κ2) is 7.35.